The minimum absolute atomic E-state index is 0.0752. The van der Waals surface area contributed by atoms with Crippen LogP contribution in [-0.2, 0) is 47.6 Å². The second-order valence-corrected chi connectivity index (χ2v) is 16.1. The van der Waals surface area contributed by atoms with Gasteiger partial charge < -0.3 is 33.3 Å². The van der Waals surface area contributed by atoms with Gasteiger partial charge in [-0.05, 0) is 64.5 Å². The molecule has 0 rings (SSSR count). The lowest BCUT2D eigenvalue weighted by molar-refractivity contribution is -0.156. The first-order valence-electron chi connectivity index (χ1n) is 22.0. The number of ether oxygens (including phenoxy) is 6. The molecule has 56 heavy (non-hydrogen) atoms. The van der Waals surface area contributed by atoms with Crippen LogP contribution in [0.5, 0.6) is 0 Å². The number of hydrogen-bond acceptors (Lipinski definition) is 12. The van der Waals surface area contributed by atoms with E-state index in [0.717, 1.165) is 95.3 Å². The average molecular weight is 800 g/mol. The van der Waals surface area contributed by atoms with Crippen LogP contribution in [-0.4, -0.2) is 94.7 Å². The van der Waals surface area contributed by atoms with E-state index in [9.17, 15) is 24.0 Å². The zero-order chi connectivity index (χ0) is 41.7. The highest BCUT2D eigenvalue weighted by Gasteiger charge is 2.27. The summed E-state index contributed by atoms with van der Waals surface area (Å²) in [6, 6.07) is 0. The van der Waals surface area contributed by atoms with E-state index >= 15 is 0 Å². The lowest BCUT2D eigenvalue weighted by atomic mass is 10.0. The summed E-state index contributed by atoms with van der Waals surface area (Å²) in [7, 11) is 3.68. The Hall–Kier alpha value is -2.89. The summed E-state index contributed by atoms with van der Waals surface area (Å²) < 4.78 is 31.7. The minimum Gasteiger partial charge on any atom is -0.466 e. The molecular formula is C44H81NO11. The van der Waals surface area contributed by atoms with Crippen molar-refractivity contribution >= 4 is 30.0 Å². The summed E-state index contributed by atoms with van der Waals surface area (Å²) in [5, 5.41) is 0. The van der Waals surface area contributed by atoms with Crippen LogP contribution >= 0.6 is 0 Å². The maximum absolute atomic E-state index is 12.8. The first-order chi connectivity index (χ1) is 26.9. The number of likely N-dealkylation sites (N-methyl/N-ethyl adjacent to an activating group) is 1. The number of nitrogens with zero attached hydrogens (tertiary/aromatic N) is 1. The molecule has 0 bridgehead atoms. The second kappa shape index (κ2) is 37.7. The van der Waals surface area contributed by atoms with Crippen molar-refractivity contribution in [2.75, 3.05) is 53.7 Å². The van der Waals surface area contributed by atoms with Crippen LogP contribution in [0.2, 0.25) is 0 Å². The summed E-state index contributed by atoms with van der Waals surface area (Å²) in [6.07, 6.45) is 18.0. The van der Waals surface area contributed by atoms with Crippen molar-refractivity contribution in [3.63, 3.8) is 0 Å². The molecular weight excluding hydrogens is 718 g/mol. The molecule has 0 spiro atoms. The Morgan fingerprint density at radius 3 is 1.21 bits per heavy atom. The third kappa shape index (κ3) is 38.0. The fourth-order valence-electron chi connectivity index (χ4n) is 5.80. The number of hydrogen-bond donors (Lipinski definition) is 0. The quantitative estimate of drug-likeness (QED) is 0.0333. The van der Waals surface area contributed by atoms with Crippen LogP contribution in [0.3, 0.4) is 0 Å². The van der Waals surface area contributed by atoms with Crippen molar-refractivity contribution in [3.05, 3.63) is 0 Å². The van der Waals surface area contributed by atoms with Crippen LogP contribution in [0.25, 0.3) is 0 Å². The fourth-order valence-corrected chi connectivity index (χ4v) is 5.80. The molecule has 12 nitrogen and oxygen atoms in total. The van der Waals surface area contributed by atoms with E-state index in [-0.39, 0.29) is 44.6 Å². The standard InChI is InChI=1S/C44H81NO11/c1-37(2)25-17-9-11-19-27-40(46)51-32-21-13-7-14-23-34-53-42(48)30-29-39(56-44(50)55-36-31-45(5)6)43(49)54-35-24-16-8-15-22-33-52-41(47)28-20-12-10-18-26-38(3)4/h37-39H,7-36H2,1-6H3. The Labute approximate surface area is 340 Å². The summed E-state index contributed by atoms with van der Waals surface area (Å²) in [5.74, 6) is 0.00991. The van der Waals surface area contributed by atoms with Crippen LogP contribution in [0.4, 0.5) is 4.79 Å². The van der Waals surface area contributed by atoms with Crippen LogP contribution < -0.4 is 0 Å². The van der Waals surface area contributed by atoms with Crippen LogP contribution in [0, 0.1) is 11.8 Å². The lowest BCUT2D eigenvalue weighted by Crippen LogP contribution is -2.31. The van der Waals surface area contributed by atoms with Gasteiger partial charge in [-0.3, -0.25) is 14.4 Å². The zero-order valence-corrected chi connectivity index (χ0v) is 36.4. The fraction of sp³-hybridized carbons (Fsp3) is 0.886. The zero-order valence-electron chi connectivity index (χ0n) is 36.4. The number of carbonyl (C=O) groups excluding carboxylic acids is 5. The molecule has 0 N–H and O–H groups in total. The Morgan fingerprint density at radius 2 is 0.786 bits per heavy atom. The van der Waals surface area contributed by atoms with Crippen molar-refractivity contribution < 1.29 is 52.4 Å². The van der Waals surface area contributed by atoms with Gasteiger partial charge in [0.15, 0.2) is 0 Å². The molecule has 0 heterocycles. The van der Waals surface area contributed by atoms with Gasteiger partial charge in [0.05, 0.1) is 26.4 Å². The highest BCUT2D eigenvalue weighted by molar-refractivity contribution is 5.78. The summed E-state index contributed by atoms with van der Waals surface area (Å²) in [5.41, 5.74) is 0. The van der Waals surface area contributed by atoms with E-state index in [4.69, 9.17) is 28.4 Å². The van der Waals surface area contributed by atoms with Gasteiger partial charge in [0, 0.05) is 32.2 Å². The molecule has 0 saturated carbocycles. The smallest absolute Gasteiger partial charge is 0.466 e. The van der Waals surface area contributed by atoms with Crippen LogP contribution in [0.1, 0.15) is 182 Å². The van der Waals surface area contributed by atoms with E-state index in [2.05, 4.69) is 27.7 Å². The van der Waals surface area contributed by atoms with Gasteiger partial charge in [-0.1, -0.05) is 118 Å². The molecule has 0 saturated heterocycles. The molecule has 0 aliphatic heterocycles. The van der Waals surface area contributed by atoms with E-state index < -0.39 is 24.2 Å². The molecule has 1 unspecified atom stereocenters. The third-order valence-electron chi connectivity index (χ3n) is 9.31. The molecule has 0 aromatic heterocycles. The van der Waals surface area contributed by atoms with Crippen molar-refractivity contribution in [1.29, 1.82) is 0 Å². The molecule has 0 aromatic rings. The van der Waals surface area contributed by atoms with Gasteiger partial charge >= 0.3 is 30.0 Å². The molecule has 0 radical (unpaired) electrons. The average Bonchev–Trinajstić information content (AvgIpc) is 3.14. The number of esters is 4. The summed E-state index contributed by atoms with van der Waals surface area (Å²) >= 11 is 0. The maximum atomic E-state index is 12.8. The van der Waals surface area contributed by atoms with E-state index in [0.29, 0.717) is 45.4 Å². The molecule has 12 heteroatoms. The van der Waals surface area contributed by atoms with Crippen molar-refractivity contribution in [2.24, 2.45) is 11.8 Å². The Kier molecular flexibility index (Phi) is 35.7. The van der Waals surface area contributed by atoms with Crippen molar-refractivity contribution in [2.45, 2.75) is 188 Å². The molecule has 328 valence electrons. The van der Waals surface area contributed by atoms with Gasteiger partial charge in [0.2, 0.25) is 6.10 Å². The monoisotopic (exact) mass is 800 g/mol. The number of rotatable bonds is 38. The van der Waals surface area contributed by atoms with Crippen molar-refractivity contribution in [1.82, 2.24) is 4.90 Å². The largest absolute Gasteiger partial charge is 0.509 e. The Bertz CT molecular complexity index is 1000. The summed E-state index contributed by atoms with van der Waals surface area (Å²) in [4.78, 5) is 63.2. The SMILES string of the molecule is CC(C)CCCCCCC(=O)OCCCCCCCOC(=O)CCC(OC(=O)OCCN(C)C)C(=O)OCCCCCCCOC(=O)CCCCCCC(C)C. The predicted octanol–water partition coefficient (Wildman–Crippen LogP) is 9.92. The molecule has 1 atom stereocenters. The maximum Gasteiger partial charge on any atom is 0.509 e. The van der Waals surface area contributed by atoms with E-state index in [1.54, 1.807) is 0 Å². The first kappa shape index (κ1) is 53.1. The van der Waals surface area contributed by atoms with Gasteiger partial charge in [-0.15, -0.1) is 0 Å². The predicted molar refractivity (Wildman–Crippen MR) is 219 cm³/mol. The van der Waals surface area contributed by atoms with Gasteiger partial charge in [0.1, 0.15) is 6.61 Å². The first-order valence-corrected chi connectivity index (χ1v) is 22.0. The minimum atomic E-state index is -1.28. The topological polar surface area (TPSA) is 144 Å². The van der Waals surface area contributed by atoms with E-state index in [1.807, 2.05) is 19.0 Å². The van der Waals surface area contributed by atoms with E-state index in [1.165, 1.54) is 32.1 Å². The molecule has 0 aliphatic carbocycles. The van der Waals surface area contributed by atoms with Crippen molar-refractivity contribution in [3.8, 4) is 0 Å². The van der Waals surface area contributed by atoms with Gasteiger partial charge in [0.25, 0.3) is 0 Å². The molecule has 0 fully saturated rings. The summed E-state index contributed by atoms with van der Waals surface area (Å²) in [6.45, 7) is 10.8. The third-order valence-corrected chi connectivity index (χ3v) is 9.31. The Balaban J connectivity index is 4.18. The normalized spacial score (nSPS) is 11.8. The lowest BCUT2D eigenvalue weighted by Gasteiger charge is -2.17. The highest BCUT2D eigenvalue weighted by atomic mass is 16.7. The second-order valence-electron chi connectivity index (χ2n) is 16.1. The molecule has 0 amide bonds. The van der Waals surface area contributed by atoms with Gasteiger partial charge in [-0.2, -0.15) is 0 Å². The molecule has 0 aromatic carbocycles. The van der Waals surface area contributed by atoms with Gasteiger partial charge in [-0.25, -0.2) is 9.59 Å². The molecule has 0 aliphatic rings. The Morgan fingerprint density at radius 1 is 0.411 bits per heavy atom. The number of unbranched alkanes of at least 4 members (excludes halogenated alkanes) is 14. The van der Waals surface area contributed by atoms with Crippen LogP contribution in [0.15, 0.2) is 0 Å². The highest BCUT2D eigenvalue weighted by Crippen LogP contribution is 2.14. The number of carbonyl (C=O) groups is 5.